The normalized spacial score (nSPS) is 15.8. The molecule has 0 bridgehead atoms. The average Bonchev–Trinajstić information content (AvgIpc) is 2.70. The first-order valence-corrected chi connectivity index (χ1v) is 10.2. The molecule has 1 fully saturated rings. The van der Waals surface area contributed by atoms with Crippen LogP contribution in [0, 0.1) is 11.2 Å². The van der Waals surface area contributed by atoms with Crippen molar-refractivity contribution in [1.29, 1.82) is 0 Å². The number of alkyl halides is 1. The minimum absolute atomic E-state index is 0. The summed E-state index contributed by atoms with van der Waals surface area (Å²) in [6.45, 7) is 2.26. The minimum atomic E-state index is -0.750. The van der Waals surface area contributed by atoms with Gasteiger partial charge in [0.2, 0.25) is 0 Å². The summed E-state index contributed by atoms with van der Waals surface area (Å²) in [6, 6.07) is 5.39. The van der Waals surface area contributed by atoms with E-state index in [1.165, 1.54) is 6.20 Å². The van der Waals surface area contributed by atoms with Crippen molar-refractivity contribution < 1.29 is 19.0 Å². The molecule has 1 aromatic heterocycles. The minimum Gasteiger partial charge on any atom is -0.497 e. The molecule has 168 valence electrons. The highest BCUT2D eigenvalue weighted by atomic mass is 35.5. The lowest BCUT2D eigenvalue weighted by atomic mass is 9.74. The SMILES string of the molecule is COc1ccc2ncc(F)c(CCCC3(C(=O)O)CCN(CCCl)CC3)c2c1.Cl.Cl. The Morgan fingerprint density at radius 1 is 1.33 bits per heavy atom. The number of benzene rings is 1. The molecular formula is C21H28Cl3FN2O3. The highest BCUT2D eigenvalue weighted by Gasteiger charge is 2.40. The van der Waals surface area contributed by atoms with Gasteiger partial charge in [-0.2, -0.15) is 0 Å². The first kappa shape index (κ1) is 26.7. The summed E-state index contributed by atoms with van der Waals surface area (Å²) in [5.74, 6) is 0.0920. The van der Waals surface area contributed by atoms with Gasteiger partial charge in [0, 0.05) is 17.8 Å². The first-order valence-electron chi connectivity index (χ1n) is 9.62. The largest absolute Gasteiger partial charge is 0.497 e. The van der Waals surface area contributed by atoms with E-state index in [0.717, 1.165) is 25.0 Å². The van der Waals surface area contributed by atoms with Gasteiger partial charge in [0.15, 0.2) is 0 Å². The number of piperidine rings is 1. The van der Waals surface area contributed by atoms with Crippen LogP contribution in [0.15, 0.2) is 24.4 Å². The van der Waals surface area contributed by atoms with E-state index in [1.807, 2.05) is 6.07 Å². The lowest BCUT2D eigenvalue weighted by Gasteiger charge is -2.38. The molecule has 0 radical (unpaired) electrons. The Labute approximate surface area is 193 Å². The molecule has 1 aliphatic heterocycles. The second kappa shape index (κ2) is 11.9. The first-order chi connectivity index (χ1) is 13.5. The zero-order valence-electron chi connectivity index (χ0n) is 16.9. The Hall–Kier alpha value is -1.34. The number of fused-ring (bicyclic) bond motifs is 1. The van der Waals surface area contributed by atoms with E-state index in [2.05, 4.69) is 9.88 Å². The molecule has 3 rings (SSSR count). The highest BCUT2D eigenvalue weighted by molar-refractivity contribution is 6.18. The van der Waals surface area contributed by atoms with Crippen LogP contribution in [-0.4, -0.2) is 53.6 Å². The fourth-order valence-corrected chi connectivity index (χ4v) is 4.32. The maximum Gasteiger partial charge on any atom is 0.309 e. The molecule has 30 heavy (non-hydrogen) atoms. The summed E-state index contributed by atoms with van der Waals surface area (Å²) in [5.41, 5.74) is 0.545. The molecule has 0 amide bonds. The van der Waals surface area contributed by atoms with Crippen molar-refractivity contribution in [2.45, 2.75) is 32.1 Å². The molecule has 2 heterocycles. The van der Waals surface area contributed by atoms with Gasteiger partial charge in [-0.15, -0.1) is 36.4 Å². The number of ether oxygens (including phenoxy) is 1. The summed E-state index contributed by atoms with van der Waals surface area (Å²) in [6.07, 6.45) is 4.05. The van der Waals surface area contributed by atoms with Crippen LogP contribution in [0.5, 0.6) is 5.75 Å². The fourth-order valence-electron chi connectivity index (χ4n) is 4.08. The number of nitrogens with zero attached hydrogens (tertiary/aromatic N) is 2. The van der Waals surface area contributed by atoms with Gasteiger partial charge in [-0.1, -0.05) is 0 Å². The fraction of sp³-hybridized carbons (Fsp3) is 0.524. The van der Waals surface area contributed by atoms with E-state index >= 15 is 0 Å². The molecule has 1 N–H and O–H groups in total. The molecule has 0 unspecified atom stereocenters. The zero-order valence-corrected chi connectivity index (χ0v) is 19.3. The number of methoxy groups -OCH3 is 1. The van der Waals surface area contributed by atoms with Crippen LogP contribution in [0.25, 0.3) is 10.9 Å². The number of aromatic nitrogens is 1. The van der Waals surface area contributed by atoms with E-state index in [0.29, 0.717) is 54.8 Å². The van der Waals surface area contributed by atoms with Crippen molar-refractivity contribution in [3.05, 3.63) is 35.8 Å². The second-order valence-corrected chi connectivity index (χ2v) is 7.82. The molecule has 0 saturated carbocycles. The molecular weight excluding hydrogens is 454 g/mol. The van der Waals surface area contributed by atoms with Gasteiger partial charge >= 0.3 is 5.97 Å². The third-order valence-electron chi connectivity index (χ3n) is 5.88. The molecule has 0 atom stereocenters. The quantitative estimate of drug-likeness (QED) is 0.540. The van der Waals surface area contributed by atoms with Crippen molar-refractivity contribution in [1.82, 2.24) is 9.88 Å². The van der Waals surface area contributed by atoms with E-state index < -0.39 is 11.4 Å². The number of carboxylic acid groups (broad SMARTS) is 1. The third kappa shape index (κ3) is 5.88. The second-order valence-electron chi connectivity index (χ2n) is 7.44. The van der Waals surface area contributed by atoms with Crippen LogP contribution in [0.4, 0.5) is 4.39 Å². The standard InChI is InChI=1S/C21H26ClFN2O3.2ClH/c1-28-15-4-5-19-17(13-15)16(18(23)14-24-19)3-2-6-21(20(26)27)7-10-25(11-8-21)12-9-22;;/h4-5,13-14H,2-3,6-12H2,1H3,(H,26,27);2*1H. The number of carbonyl (C=O) groups is 1. The van der Waals surface area contributed by atoms with Crippen molar-refractivity contribution in [2.24, 2.45) is 5.41 Å². The summed E-state index contributed by atoms with van der Waals surface area (Å²) in [7, 11) is 1.57. The van der Waals surface area contributed by atoms with E-state index in [1.54, 1.807) is 19.2 Å². The van der Waals surface area contributed by atoms with Crippen molar-refractivity contribution in [2.75, 3.05) is 32.6 Å². The van der Waals surface area contributed by atoms with E-state index in [4.69, 9.17) is 16.3 Å². The maximum atomic E-state index is 14.5. The molecule has 1 saturated heterocycles. The molecule has 1 aromatic carbocycles. The van der Waals surface area contributed by atoms with Crippen LogP contribution in [0.1, 0.15) is 31.2 Å². The van der Waals surface area contributed by atoms with Gasteiger partial charge in [0.25, 0.3) is 0 Å². The number of hydrogen-bond acceptors (Lipinski definition) is 4. The number of likely N-dealkylation sites (tertiary alicyclic amines) is 1. The topological polar surface area (TPSA) is 62.7 Å². The lowest BCUT2D eigenvalue weighted by molar-refractivity contribution is -0.152. The zero-order chi connectivity index (χ0) is 20.1. The Bertz CT molecular complexity index is 846. The van der Waals surface area contributed by atoms with Gasteiger partial charge in [-0.25, -0.2) is 4.39 Å². The third-order valence-corrected chi connectivity index (χ3v) is 6.05. The molecule has 2 aromatic rings. The molecule has 0 spiro atoms. The van der Waals surface area contributed by atoms with E-state index in [-0.39, 0.29) is 30.6 Å². The van der Waals surface area contributed by atoms with Crippen molar-refractivity contribution >= 4 is 53.3 Å². The highest BCUT2D eigenvalue weighted by Crippen LogP contribution is 2.37. The van der Waals surface area contributed by atoms with Crippen LogP contribution < -0.4 is 4.74 Å². The summed E-state index contributed by atoms with van der Waals surface area (Å²) in [4.78, 5) is 18.3. The number of halogens is 4. The van der Waals surface area contributed by atoms with Crippen LogP contribution in [-0.2, 0) is 11.2 Å². The molecule has 5 nitrogen and oxygen atoms in total. The van der Waals surface area contributed by atoms with Crippen LogP contribution in [0.2, 0.25) is 0 Å². The Morgan fingerprint density at radius 2 is 2.03 bits per heavy atom. The van der Waals surface area contributed by atoms with Crippen LogP contribution in [0.3, 0.4) is 0 Å². The van der Waals surface area contributed by atoms with Gasteiger partial charge in [-0.05, 0) is 69.0 Å². The summed E-state index contributed by atoms with van der Waals surface area (Å²) in [5, 5.41) is 10.6. The average molecular weight is 482 g/mol. The van der Waals surface area contributed by atoms with Gasteiger partial charge in [0.05, 0.1) is 24.2 Å². The summed E-state index contributed by atoms with van der Waals surface area (Å²) < 4.78 is 19.7. The summed E-state index contributed by atoms with van der Waals surface area (Å²) >= 11 is 5.80. The van der Waals surface area contributed by atoms with Gasteiger partial charge in [0.1, 0.15) is 11.6 Å². The predicted molar refractivity (Wildman–Crippen MR) is 122 cm³/mol. The number of pyridine rings is 1. The number of rotatable bonds is 8. The van der Waals surface area contributed by atoms with Crippen LogP contribution >= 0.6 is 36.4 Å². The predicted octanol–water partition coefficient (Wildman–Crippen LogP) is 4.95. The monoisotopic (exact) mass is 480 g/mol. The number of carboxylic acids is 1. The number of hydrogen-bond donors (Lipinski definition) is 1. The Kier molecular flexibility index (Phi) is 10.6. The number of aryl methyl sites for hydroxylation is 1. The molecule has 0 aliphatic carbocycles. The van der Waals surface area contributed by atoms with Gasteiger partial charge < -0.3 is 14.7 Å². The van der Waals surface area contributed by atoms with Crippen molar-refractivity contribution in [3.63, 3.8) is 0 Å². The van der Waals surface area contributed by atoms with E-state index in [9.17, 15) is 14.3 Å². The van der Waals surface area contributed by atoms with Crippen molar-refractivity contribution in [3.8, 4) is 5.75 Å². The Balaban J connectivity index is 0.00000225. The van der Waals surface area contributed by atoms with Gasteiger partial charge in [-0.3, -0.25) is 9.78 Å². The maximum absolute atomic E-state index is 14.5. The smallest absolute Gasteiger partial charge is 0.309 e. The molecule has 9 heteroatoms. The Morgan fingerprint density at radius 3 is 2.63 bits per heavy atom. The molecule has 1 aliphatic rings. The lowest BCUT2D eigenvalue weighted by Crippen LogP contribution is -2.45. The number of aliphatic carboxylic acids is 1.